The van der Waals surface area contributed by atoms with Crippen molar-refractivity contribution in [2.24, 2.45) is 17.4 Å². The van der Waals surface area contributed by atoms with E-state index in [1.165, 1.54) is 44.4 Å². The second-order valence-corrected chi connectivity index (χ2v) is 32.5. The van der Waals surface area contributed by atoms with E-state index in [9.17, 15) is 92.7 Å². The lowest BCUT2D eigenvalue weighted by atomic mass is 9.85. The lowest BCUT2D eigenvalue weighted by molar-refractivity contribution is -0.334. The number of aliphatic hydroxyl groups is 6. The first-order valence-electron chi connectivity index (χ1n) is 40.2. The van der Waals surface area contributed by atoms with Gasteiger partial charge in [-0.15, -0.1) is 13.2 Å². The molecule has 131 heavy (non-hydrogen) atoms. The standard InChI is InChI=1S/C83H90Cl2F3N15O28/c1-32(2)20-45(91-5)72(116)99-62-64(110)36-9-14-49(43(84)23-36)126-51-25-38-26-52(68(51)130-80-69(67(113)66(112)53(31-104)128-80)129-57-30-82(4,70(114)33(3)125-57)92-17-19-103-18-16-55(95-81(103)124)94-56(109)21-34-6-11-40(12-7-34)131-83(86,87)88)127-50-15-10-37(24-44(50)85)65(111)63-77(121)98-61(78(122)101-102-79(123)71(90)115)42-27-39(105)28-48(107)58(42)41-22-35(8-13-47(41)106)59(74(118)100-63)97-75(119)60(38)96-73(117)46(29-54(89)108)93-76(62)120/h6-16,18,22-28,32-33,45-46,53,57,59-67,69-70,80,91-92,104-107,110-114H,17,19-21,29-31H2,1-5H3,(H2,89,108)(H2,90,115)(H,93,120)(H,96,117)(H,97,119)(H,98,121)(H,99,116)(H,100,118)(H,101,122)(H,102,123)(H,94,95,109,124)/t33-,45+,46-,53+,57-,59+,60+,61+,62+,63-,64+,65+,66+,67-,69+,70+,80-,82-/m0/s1. The summed E-state index contributed by atoms with van der Waals surface area (Å²) in [6, 6.07) is 3.71. The van der Waals surface area contributed by atoms with Crippen LogP contribution in [-0.2, 0) is 79.9 Å². The molecule has 8 heterocycles. The Balaban J connectivity index is 0.982. The van der Waals surface area contributed by atoms with Gasteiger partial charge in [-0.2, -0.15) is 4.98 Å². The Bertz CT molecular complexity index is 5650. The smallest absolute Gasteiger partial charge is 0.508 e. The van der Waals surface area contributed by atoms with Crippen molar-refractivity contribution in [3.05, 3.63) is 169 Å². The van der Waals surface area contributed by atoms with Gasteiger partial charge in [-0.1, -0.05) is 67.4 Å². The first kappa shape index (κ1) is 97.0. The molecule has 7 aliphatic heterocycles. The van der Waals surface area contributed by atoms with Crippen molar-refractivity contribution in [1.29, 1.82) is 0 Å². The van der Waals surface area contributed by atoms with Crippen molar-refractivity contribution in [3.63, 3.8) is 0 Å². The second kappa shape index (κ2) is 40.5. The number of nitrogens with two attached hydrogens (primary N) is 2. The molecule has 24 N–H and O–H groups in total. The molecular formula is C83H90Cl2F3N15O28. The molecule has 0 spiro atoms. The number of phenols is 3. The van der Waals surface area contributed by atoms with Gasteiger partial charge in [0.05, 0.1) is 47.7 Å². The summed E-state index contributed by atoms with van der Waals surface area (Å²) in [5, 5.41) is 129. The normalized spacial score (nSPS) is 25.3. The molecular weight excluding hydrogens is 1780 g/mol. The number of amides is 11. The molecule has 7 aromatic rings. The zero-order valence-corrected chi connectivity index (χ0v) is 71.0. The van der Waals surface area contributed by atoms with E-state index in [4.69, 9.17) is 63.1 Å². The molecule has 14 rings (SSSR count). The van der Waals surface area contributed by atoms with E-state index in [-0.39, 0.29) is 55.2 Å². The summed E-state index contributed by atoms with van der Waals surface area (Å²) in [7, 11) is 1.44. The SMILES string of the molecule is CN[C@H](CC(C)C)C(=O)N[C@H]1C(=O)N[C@@H](CC(N)=O)C(=O)N[C@H]2C(=O)N[C@H]3C(=O)N[C@H](C(=O)N[C@@H](C(=O)NNC(=O)C(N)=O)c4cc(O)cc(O)c4-c4cc3ccc4O)[C@H](O)c3ccc(c(Cl)c3)Oc3cc2cc(c3O[C@@H]2O[C@H](CO)[C@@H](O)[C@H](O)[C@H]2O[C@H]2C[C@](C)(NCCn3ccc(NC(=O)Cc4ccc(OC(F)(F)F)cc4)nc3=O)[C@H](O)[C@H](C)O2)Oc2ccc(cc2Cl)[C@H]1O. The predicted octanol–water partition coefficient (Wildman–Crippen LogP) is -0.378. The summed E-state index contributed by atoms with van der Waals surface area (Å²) >= 11 is 14.3. The Morgan fingerprint density at radius 1 is 0.710 bits per heavy atom. The highest BCUT2D eigenvalue weighted by Gasteiger charge is 2.53. The quantitative estimate of drug-likeness (QED) is 0.0322. The minimum absolute atomic E-state index is 0.116. The number of benzene rings is 6. The summed E-state index contributed by atoms with van der Waals surface area (Å²) in [4.78, 5) is 175. The molecule has 700 valence electrons. The van der Waals surface area contributed by atoms with Gasteiger partial charge >= 0.3 is 23.9 Å². The van der Waals surface area contributed by atoms with Crippen LogP contribution in [-0.4, -0.2) is 226 Å². The van der Waals surface area contributed by atoms with Gasteiger partial charge in [0.25, 0.3) is 5.91 Å². The van der Waals surface area contributed by atoms with Gasteiger partial charge in [0, 0.05) is 48.4 Å². The summed E-state index contributed by atoms with van der Waals surface area (Å²) in [6.07, 6.45) is -24.3. The molecule has 2 fully saturated rings. The molecule has 6 aromatic carbocycles. The topological polar surface area (TPSA) is 654 Å². The molecule has 18 atom stereocenters. The first-order valence-corrected chi connectivity index (χ1v) is 40.9. The number of ether oxygens (including phenoxy) is 7. The van der Waals surface area contributed by atoms with Crippen LogP contribution in [0.2, 0.25) is 10.0 Å². The largest absolute Gasteiger partial charge is 0.573 e. The maximum absolute atomic E-state index is 16.3. The molecule has 2 saturated heterocycles. The van der Waals surface area contributed by atoms with E-state index >= 15 is 24.0 Å². The third-order valence-electron chi connectivity index (χ3n) is 21.8. The Morgan fingerprint density at radius 3 is 1.95 bits per heavy atom. The average Bonchev–Trinajstić information content (AvgIpc) is 0.766. The fourth-order valence-corrected chi connectivity index (χ4v) is 15.7. The number of hydrazine groups is 1. The first-order chi connectivity index (χ1) is 61.9. The van der Waals surface area contributed by atoms with Crippen LogP contribution in [0.3, 0.4) is 0 Å². The Hall–Kier alpha value is -13.1. The molecule has 43 nitrogen and oxygen atoms in total. The number of hydrogen-bond acceptors (Lipinski definition) is 31. The Kier molecular flexibility index (Phi) is 30.0. The van der Waals surface area contributed by atoms with Crippen LogP contribution in [0.15, 0.2) is 120 Å². The van der Waals surface area contributed by atoms with E-state index in [2.05, 4.69) is 57.6 Å². The minimum atomic E-state index is -4.95. The second-order valence-electron chi connectivity index (χ2n) is 31.7. The van der Waals surface area contributed by atoms with Crippen LogP contribution in [0.4, 0.5) is 19.0 Å². The number of aromatic nitrogens is 2. The molecule has 48 heteroatoms. The number of hydrogen-bond donors (Lipinski definition) is 22. The maximum atomic E-state index is 16.3. The van der Waals surface area contributed by atoms with Crippen molar-refractivity contribution in [2.45, 2.75) is 176 Å². The van der Waals surface area contributed by atoms with Gasteiger partial charge < -0.3 is 138 Å². The molecule has 11 bridgehead atoms. The lowest BCUT2D eigenvalue weighted by Crippen LogP contribution is -2.65. The van der Waals surface area contributed by atoms with Crippen molar-refractivity contribution in [2.75, 3.05) is 25.5 Å². The zero-order valence-electron chi connectivity index (χ0n) is 69.5. The summed E-state index contributed by atoms with van der Waals surface area (Å²) < 4.78 is 82.5. The number of nitrogens with one attached hydrogen (secondary N) is 11. The number of rotatable bonds is 21. The van der Waals surface area contributed by atoms with E-state index in [0.717, 1.165) is 83.4 Å². The van der Waals surface area contributed by atoms with Crippen LogP contribution in [0.25, 0.3) is 11.1 Å². The Morgan fingerprint density at radius 2 is 1.34 bits per heavy atom. The number of halogens is 5. The molecule has 0 radical (unpaired) electrons. The molecule has 11 amide bonds. The van der Waals surface area contributed by atoms with Gasteiger partial charge in [0.15, 0.2) is 23.9 Å². The van der Waals surface area contributed by atoms with Crippen molar-refractivity contribution in [3.8, 4) is 62.9 Å². The number of carbonyl (C=O) groups is 11. The number of aliphatic hydroxyl groups excluding tert-OH is 6. The monoisotopic (exact) mass is 1870 g/mol. The third-order valence-corrected chi connectivity index (χ3v) is 22.4. The molecule has 1 aromatic heterocycles. The number of phenolic OH excluding ortho intramolecular Hbond substituents is 3. The number of alkyl halides is 3. The third kappa shape index (κ3) is 22.7. The van der Waals surface area contributed by atoms with Crippen molar-refractivity contribution >= 4 is 94.0 Å². The summed E-state index contributed by atoms with van der Waals surface area (Å²) in [6.45, 7) is 5.23. The highest BCUT2D eigenvalue weighted by Crippen LogP contribution is 2.50. The Labute approximate surface area is 749 Å². The number of carbonyl (C=O) groups excluding carboxylic acids is 11. The molecule has 0 aliphatic carbocycles. The summed E-state index contributed by atoms with van der Waals surface area (Å²) in [5.41, 5.74) is 9.00. The van der Waals surface area contributed by atoms with E-state index in [1.54, 1.807) is 26.2 Å². The lowest BCUT2D eigenvalue weighted by Gasteiger charge is -2.48. The maximum Gasteiger partial charge on any atom is 0.573 e. The highest BCUT2D eigenvalue weighted by atomic mass is 35.5. The number of primary amides is 2. The van der Waals surface area contributed by atoms with Crippen LogP contribution in [0.5, 0.6) is 51.7 Å². The highest BCUT2D eigenvalue weighted by molar-refractivity contribution is 6.34. The van der Waals surface area contributed by atoms with Gasteiger partial charge in [-0.05, 0) is 139 Å². The van der Waals surface area contributed by atoms with Crippen LogP contribution in [0, 0.1) is 5.92 Å². The van der Waals surface area contributed by atoms with E-state index in [0.29, 0.717) is 11.6 Å². The van der Waals surface area contributed by atoms with Crippen LogP contribution < -0.4 is 94.8 Å². The minimum Gasteiger partial charge on any atom is -0.508 e. The fourth-order valence-electron chi connectivity index (χ4n) is 15.2. The van der Waals surface area contributed by atoms with Crippen molar-refractivity contribution in [1.82, 2.24) is 62.9 Å². The number of anilines is 1. The molecule has 7 aliphatic rings. The molecule has 0 unspecified atom stereocenters. The number of nitrogens with zero attached hydrogens (tertiary/aromatic N) is 2. The van der Waals surface area contributed by atoms with E-state index in [1.807, 2.05) is 5.43 Å². The van der Waals surface area contributed by atoms with Gasteiger partial charge in [-0.3, -0.25) is 68.2 Å². The van der Waals surface area contributed by atoms with Gasteiger partial charge in [-0.25, -0.2) is 4.79 Å². The number of likely N-dealkylation sites (N-methyl/N-ethyl adjacent to an activating group) is 1. The predicted molar refractivity (Wildman–Crippen MR) is 445 cm³/mol. The van der Waals surface area contributed by atoms with Crippen molar-refractivity contribution < 1.29 is 145 Å². The number of aromatic hydroxyl groups is 3. The fraction of sp³-hybridized carbons (Fsp3) is 0.386. The van der Waals surface area contributed by atoms with Gasteiger partial charge in [0.1, 0.15) is 107 Å². The molecule has 0 saturated carbocycles. The zero-order chi connectivity index (χ0) is 95.3. The van der Waals surface area contributed by atoms with Gasteiger partial charge in [0.2, 0.25) is 59.3 Å². The van der Waals surface area contributed by atoms with Crippen LogP contribution in [0.1, 0.15) is 111 Å². The summed E-state index contributed by atoms with van der Waals surface area (Å²) in [5.74, 6) is -21.6. The van der Waals surface area contributed by atoms with E-state index < -0.39 is 289 Å². The number of fused-ring (bicyclic) bond motifs is 15. The average molecular weight is 1870 g/mol. The van der Waals surface area contributed by atoms with Crippen LogP contribution >= 0.6 is 23.2 Å².